The van der Waals surface area contributed by atoms with E-state index in [1.807, 2.05) is 0 Å². The van der Waals surface area contributed by atoms with Crippen molar-refractivity contribution in [3.05, 3.63) is 99.6 Å². The van der Waals surface area contributed by atoms with Crippen molar-refractivity contribution in [3.63, 3.8) is 0 Å². The van der Waals surface area contributed by atoms with E-state index in [-0.39, 0.29) is 41.2 Å². The summed E-state index contributed by atoms with van der Waals surface area (Å²) >= 11 is 6.43. The highest BCUT2D eigenvalue weighted by atomic mass is 35.5. The van der Waals surface area contributed by atoms with Crippen molar-refractivity contribution >= 4 is 44.8 Å². The van der Waals surface area contributed by atoms with E-state index in [4.69, 9.17) is 11.6 Å². The fraction of sp³-hybridized carbons (Fsp3) is 0.333. The van der Waals surface area contributed by atoms with Crippen LogP contribution in [0.25, 0.3) is 0 Å². The zero-order chi connectivity index (χ0) is 30.3. The molecular formula is C30H33ClN4O6S. The Morgan fingerprint density at radius 3 is 2.21 bits per heavy atom. The van der Waals surface area contributed by atoms with Gasteiger partial charge in [-0.25, -0.2) is 8.42 Å². The minimum absolute atomic E-state index is 0.0193. The molecule has 1 atom stereocenters. The van der Waals surface area contributed by atoms with Crippen LogP contribution >= 0.6 is 11.6 Å². The zero-order valence-electron chi connectivity index (χ0n) is 23.2. The van der Waals surface area contributed by atoms with Crippen molar-refractivity contribution in [2.75, 3.05) is 10.8 Å². The van der Waals surface area contributed by atoms with Gasteiger partial charge in [0.25, 0.3) is 15.7 Å². The number of carbonyl (C=O) groups excluding carboxylic acids is 2. The number of halogens is 1. The summed E-state index contributed by atoms with van der Waals surface area (Å²) in [5.74, 6) is -0.932. The summed E-state index contributed by atoms with van der Waals surface area (Å²) in [6, 6.07) is 18.6. The van der Waals surface area contributed by atoms with Crippen molar-refractivity contribution < 1.29 is 22.9 Å². The molecule has 10 nitrogen and oxygen atoms in total. The van der Waals surface area contributed by atoms with E-state index in [2.05, 4.69) is 5.32 Å². The Kier molecular flexibility index (Phi) is 10.2. The molecule has 4 rings (SSSR count). The maximum atomic E-state index is 14.1. The monoisotopic (exact) mass is 612 g/mol. The molecule has 1 N–H and O–H groups in total. The van der Waals surface area contributed by atoms with Crippen molar-refractivity contribution in [1.29, 1.82) is 0 Å². The number of benzene rings is 3. The maximum absolute atomic E-state index is 14.1. The number of nitro groups is 1. The number of rotatable bonds is 12. The third-order valence-corrected chi connectivity index (χ3v) is 9.50. The summed E-state index contributed by atoms with van der Waals surface area (Å²) in [5.41, 5.74) is 0.448. The highest BCUT2D eigenvalue weighted by Gasteiger charge is 2.35. The first-order chi connectivity index (χ1) is 20.1. The lowest BCUT2D eigenvalue weighted by atomic mass is 10.1. The van der Waals surface area contributed by atoms with Crippen LogP contribution in [0.5, 0.6) is 0 Å². The first-order valence-electron chi connectivity index (χ1n) is 13.8. The summed E-state index contributed by atoms with van der Waals surface area (Å²) in [7, 11) is -4.28. The number of nitrogens with zero attached hydrogens (tertiary/aromatic N) is 3. The third-order valence-electron chi connectivity index (χ3n) is 7.34. The number of non-ortho nitro benzene ring substituents is 1. The lowest BCUT2D eigenvalue weighted by Crippen LogP contribution is -2.53. The van der Waals surface area contributed by atoms with Gasteiger partial charge >= 0.3 is 0 Å². The second-order valence-electron chi connectivity index (χ2n) is 10.1. The quantitative estimate of drug-likeness (QED) is 0.218. The van der Waals surface area contributed by atoms with Gasteiger partial charge < -0.3 is 10.2 Å². The summed E-state index contributed by atoms with van der Waals surface area (Å²) in [6.07, 6.45) is 4.06. The minimum Gasteiger partial charge on any atom is -0.352 e. The van der Waals surface area contributed by atoms with E-state index >= 15 is 0 Å². The molecule has 0 bridgehead atoms. The van der Waals surface area contributed by atoms with Crippen molar-refractivity contribution in [1.82, 2.24) is 10.2 Å². The van der Waals surface area contributed by atoms with E-state index in [0.717, 1.165) is 30.0 Å². The van der Waals surface area contributed by atoms with E-state index in [9.17, 15) is 28.1 Å². The Labute approximate surface area is 250 Å². The van der Waals surface area contributed by atoms with Gasteiger partial charge in [-0.1, -0.05) is 67.8 Å². The summed E-state index contributed by atoms with van der Waals surface area (Å²) in [6.45, 7) is 1.13. The second-order valence-corrected chi connectivity index (χ2v) is 12.4. The predicted molar refractivity (Wildman–Crippen MR) is 161 cm³/mol. The SMILES string of the molecule is CC[C@H](C(=O)NC1CCCC1)N(Cc1ccccc1Cl)C(=O)CN(c1ccc([N+](=O)[O-])cc1)S(=O)(=O)c1ccccc1. The summed E-state index contributed by atoms with van der Waals surface area (Å²) < 4.78 is 28.6. The molecule has 3 aromatic carbocycles. The third kappa shape index (κ3) is 7.27. The fourth-order valence-corrected chi connectivity index (χ4v) is 6.72. The van der Waals surface area contributed by atoms with Crippen molar-refractivity contribution in [2.45, 2.75) is 62.6 Å². The Morgan fingerprint density at radius 2 is 1.62 bits per heavy atom. The molecule has 0 unspecified atom stereocenters. The van der Waals surface area contributed by atoms with Gasteiger partial charge in [0.15, 0.2) is 0 Å². The van der Waals surface area contributed by atoms with Gasteiger partial charge in [0.05, 0.1) is 15.5 Å². The van der Waals surface area contributed by atoms with Gasteiger partial charge in [0, 0.05) is 29.7 Å². The van der Waals surface area contributed by atoms with Crippen molar-refractivity contribution in [3.8, 4) is 0 Å². The van der Waals surface area contributed by atoms with Gasteiger partial charge in [0.1, 0.15) is 12.6 Å². The number of carbonyl (C=O) groups is 2. The van der Waals surface area contributed by atoms with Gasteiger partial charge in [-0.15, -0.1) is 0 Å². The van der Waals surface area contributed by atoms with E-state index in [1.165, 1.54) is 41.3 Å². The van der Waals surface area contributed by atoms with Gasteiger partial charge in [0.2, 0.25) is 11.8 Å². The van der Waals surface area contributed by atoms with Crippen LogP contribution in [-0.2, 0) is 26.2 Å². The van der Waals surface area contributed by atoms with Gasteiger partial charge in [-0.2, -0.15) is 0 Å². The zero-order valence-corrected chi connectivity index (χ0v) is 24.8. The van der Waals surface area contributed by atoms with Crippen LogP contribution in [0.4, 0.5) is 11.4 Å². The fourth-order valence-electron chi connectivity index (χ4n) is 5.09. The lowest BCUT2D eigenvalue weighted by molar-refractivity contribution is -0.384. The molecule has 1 saturated carbocycles. The molecule has 0 saturated heterocycles. The Hall–Kier alpha value is -3.96. The Morgan fingerprint density at radius 1 is 1.00 bits per heavy atom. The molecule has 1 aliphatic carbocycles. The molecule has 222 valence electrons. The van der Waals surface area contributed by atoms with Crippen LogP contribution in [0.3, 0.4) is 0 Å². The number of hydrogen-bond acceptors (Lipinski definition) is 6. The van der Waals surface area contributed by atoms with Gasteiger partial charge in [-0.3, -0.25) is 24.0 Å². The molecule has 12 heteroatoms. The summed E-state index contributed by atoms with van der Waals surface area (Å²) in [4.78, 5) is 39.6. The first kappa shape index (κ1) is 31.0. The molecule has 0 radical (unpaired) electrons. The van der Waals surface area contributed by atoms with E-state index in [0.29, 0.717) is 10.6 Å². The molecule has 3 aromatic rings. The van der Waals surface area contributed by atoms with Crippen LogP contribution in [-0.4, -0.2) is 48.7 Å². The predicted octanol–water partition coefficient (Wildman–Crippen LogP) is 5.31. The molecule has 0 aromatic heterocycles. The number of anilines is 1. The van der Waals surface area contributed by atoms with E-state index in [1.54, 1.807) is 49.4 Å². The Balaban J connectivity index is 1.73. The molecule has 0 heterocycles. The highest BCUT2D eigenvalue weighted by molar-refractivity contribution is 7.92. The van der Waals surface area contributed by atoms with Crippen LogP contribution in [0.15, 0.2) is 83.8 Å². The van der Waals surface area contributed by atoms with Crippen LogP contribution in [0.2, 0.25) is 5.02 Å². The molecular weight excluding hydrogens is 580 g/mol. The average Bonchev–Trinajstić information content (AvgIpc) is 3.50. The van der Waals surface area contributed by atoms with Crippen LogP contribution in [0.1, 0.15) is 44.6 Å². The first-order valence-corrected chi connectivity index (χ1v) is 15.6. The smallest absolute Gasteiger partial charge is 0.269 e. The summed E-state index contributed by atoms with van der Waals surface area (Å²) in [5, 5.41) is 14.7. The van der Waals surface area contributed by atoms with Crippen molar-refractivity contribution in [2.24, 2.45) is 0 Å². The normalized spacial score (nSPS) is 14.2. The molecule has 2 amide bonds. The topological polar surface area (TPSA) is 130 Å². The number of nitro benzene ring substituents is 1. The number of amides is 2. The van der Waals surface area contributed by atoms with Crippen LogP contribution < -0.4 is 9.62 Å². The molecule has 0 aliphatic heterocycles. The molecule has 0 spiro atoms. The Bertz CT molecular complexity index is 1510. The van der Waals surface area contributed by atoms with Crippen LogP contribution in [0, 0.1) is 10.1 Å². The standard InChI is InChI=1S/C30H33ClN4O6S/c1-2-28(30(37)32-23-11-7-8-12-23)33(20-22-10-6-9-15-27(22)31)29(36)21-34(24-16-18-25(19-17-24)35(38)39)42(40,41)26-13-4-3-5-14-26/h3-6,9-10,13-19,23,28H,2,7-8,11-12,20-21H2,1H3,(H,32,37)/t28-/m1/s1. The van der Waals surface area contributed by atoms with E-state index < -0.39 is 33.4 Å². The highest BCUT2D eigenvalue weighted by Crippen LogP contribution is 2.27. The number of hydrogen-bond donors (Lipinski definition) is 1. The van der Waals surface area contributed by atoms with Gasteiger partial charge in [-0.05, 0) is 55.2 Å². The number of nitrogens with one attached hydrogen (secondary N) is 1. The second kappa shape index (κ2) is 13.8. The lowest BCUT2D eigenvalue weighted by Gasteiger charge is -2.34. The maximum Gasteiger partial charge on any atom is 0.269 e. The molecule has 42 heavy (non-hydrogen) atoms. The number of sulfonamides is 1. The molecule has 1 aliphatic rings. The molecule has 1 fully saturated rings. The largest absolute Gasteiger partial charge is 0.352 e. The minimum atomic E-state index is -4.28. The average molecular weight is 613 g/mol.